The Labute approximate surface area is 353 Å². The van der Waals surface area contributed by atoms with E-state index in [0.717, 1.165) is 31.0 Å². The molecule has 0 aliphatic carbocycles. The van der Waals surface area contributed by atoms with Gasteiger partial charge in [0.2, 0.25) is 11.8 Å². The van der Waals surface area contributed by atoms with Crippen LogP contribution in [0.25, 0.3) is 0 Å². The maximum Gasteiger partial charge on any atom is 0.446 e. The Morgan fingerprint density at radius 3 is 2.08 bits per heavy atom. The molecule has 1 aromatic rings. The number of nitrogens with two attached hydrogens (primary N) is 3. The van der Waals surface area contributed by atoms with Crippen LogP contribution in [0.4, 0.5) is 0 Å². The molecule has 0 aliphatic rings. The quantitative estimate of drug-likeness (QED) is 0.0199. The van der Waals surface area contributed by atoms with Crippen LogP contribution in [0.2, 0.25) is 0 Å². The Balaban J connectivity index is 3.22. The molecule has 2 amide bonds. The number of likely N-dealkylation sites (N-methyl/N-ethyl adjacent to an activating group) is 2. The summed E-state index contributed by atoms with van der Waals surface area (Å²) in [5, 5.41) is 14.7. The molecular formula is C34H63N9O14S3. The predicted molar refractivity (Wildman–Crippen MR) is 222 cm³/mol. The number of rotatable bonds is 30. The summed E-state index contributed by atoms with van der Waals surface area (Å²) < 4.78 is 111. The summed E-state index contributed by atoms with van der Waals surface area (Å²) in [5.41, 5.74) is 19.1. The highest BCUT2D eigenvalue weighted by Crippen LogP contribution is 2.30. The third-order valence-corrected chi connectivity index (χ3v) is 9.99. The zero-order valence-corrected chi connectivity index (χ0v) is 37.1. The van der Waals surface area contributed by atoms with E-state index in [0.29, 0.717) is 25.9 Å². The van der Waals surface area contributed by atoms with E-state index < -0.39 is 97.7 Å². The van der Waals surface area contributed by atoms with Gasteiger partial charge in [-0.05, 0) is 104 Å². The molecule has 23 nitrogen and oxygen atoms in total. The topological polar surface area (TPSA) is 366 Å². The van der Waals surface area contributed by atoms with Crippen LogP contribution in [0.15, 0.2) is 41.5 Å². The van der Waals surface area contributed by atoms with Crippen LogP contribution in [0.3, 0.4) is 0 Å². The fourth-order valence-corrected chi connectivity index (χ4v) is 6.92. The van der Waals surface area contributed by atoms with Gasteiger partial charge in [0.25, 0.3) is 0 Å². The standard InChI is InChI=1S/C34H63N9O14S3/c1-22(2)10-7-11-23(3)16-19-41-34(37)40-18-8-12-27(38-5)32(45)43(6)28(13-9-17-39-33(35)36)31(44)42-24(4)30(57-60(52,53)54)25-14-15-29(56-59(49,50)51)26(20-25)21-55-58(46,47)48/h10,14-16,20,24,27-28,30,33-34,38-41H,7-9,11-13,17-19,21,35-37H2,1-6H3,(H,42,44)(H,46,47,48)(H,49,50,51)(H,52,53,54). The number of allylic oxidation sites excluding steroid dienone is 3. The number of carbonyl (C=O) groups excluding carboxylic acids is 2. The summed E-state index contributed by atoms with van der Waals surface area (Å²) in [4.78, 5) is 29.0. The van der Waals surface area contributed by atoms with Crippen molar-refractivity contribution >= 4 is 43.0 Å². The molecule has 0 saturated carbocycles. The highest BCUT2D eigenvalue weighted by molar-refractivity contribution is 7.81. The highest BCUT2D eigenvalue weighted by atomic mass is 32.3. The lowest BCUT2D eigenvalue weighted by molar-refractivity contribution is -0.141. The number of nitrogens with zero attached hydrogens (tertiary/aromatic N) is 1. The van der Waals surface area contributed by atoms with E-state index in [1.54, 1.807) is 7.05 Å². The van der Waals surface area contributed by atoms with Gasteiger partial charge in [0.15, 0.2) is 5.75 Å². The van der Waals surface area contributed by atoms with Gasteiger partial charge in [-0.25, -0.2) is 8.37 Å². The largest absolute Gasteiger partial charge is 0.446 e. The lowest BCUT2D eigenvalue weighted by Gasteiger charge is -2.33. The van der Waals surface area contributed by atoms with E-state index in [1.807, 2.05) is 0 Å². The third kappa shape index (κ3) is 23.7. The number of nitrogens with one attached hydrogen (secondary N) is 5. The Bertz CT molecular complexity index is 1910. The summed E-state index contributed by atoms with van der Waals surface area (Å²) in [6.07, 6.45) is 4.23. The van der Waals surface area contributed by atoms with Gasteiger partial charge < -0.3 is 36.9 Å². The van der Waals surface area contributed by atoms with Crippen molar-refractivity contribution in [3.05, 3.63) is 52.6 Å². The van der Waals surface area contributed by atoms with Crippen molar-refractivity contribution in [1.29, 1.82) is 0 Å². The molecule has 26 heteroatoms. The van der Waals surface area contributed by atoms with Gasteiger partial charge in [-0.2, -0.15) is 25.3 Å². The first-order chi connectivity index (χ1) is 27.7. The number of hydrogen-bond donors (Lipinski definition) is 11. The minimum absolute atomic E-state index is 0.0600. The number of amides is 2. The maximum atomic E-state index is 13.9. The Morgan fingerprint density at radius 2 is 1.52 bits per heavy atom. The molecule has 346 valence electrons. The van der Waals surface area contributed by atoms with E-state index in [-0.39, 0.29) is 24.9 Å². The summed E-state index contributed by atoms with van der Waals surface area (Å²) in [5.74, 6) is -1.93. The van der Waals surface area contributed by atoms with E-state index in [2.05, 4.69) is 67.9 Å². The fraction of sp³-hybridized carbons (Fsp3) is 0.647. The minimum atomic E-state index is -5.27. The van der Waals surface area contributed by atoms with Gasteiger partial charge in [-0.1, -0.05) is 29.4 Å². The van der Waals surface area contributed by atoms with Crippen molar-refractivity contribution in [3.8, 4) is 5.75 Å². The van der Waals surface area contributed by atoms with Gasteiger partial charge in [0.05, 0.1) is 18.7 Å². The van der Waals surface area contributed by atoms with Crippen molar-refractivity contribution in [2.45, 2.75) is 110 Å². The predicted octanol–water partition coefficient (Wildman–Crippen LogP) is -0.567. The van der Waals surface area contributed by atoms with Crippen molar-refractivity contribution < 1.29 is 61.0 Å². The van der Waals surface area contributed by atoms with Crippen LogP contribution in [0.1, 0.15) is 83.5 Å². The Hall–Kier alpha value is -3.19. The molecule has 5 atom stereocenters. The average molecular weight is 918 g/mol. The monoisotopic (exact) mass is 917 g/mol. The normalized spacial score (nSPS) is 15.2. The van der Waals surface area contributed by atoms with Crippen LogP contribution in [0, 0.1) is 0 Å². The van der Waals surface area contributed by atoms with Crippen molar-refractivity contribution in [2.75, 3.05) is 33.7 Å². The van der Waals surface area contributed by atoms with Crippen LogP contribution < -0.4 is 48.0 Å². The molecule has 1 aromatic carbocycles. The zero-order chi connectivity index (χ0) is 45.8. The Morgan fingerprint density at radius 1 is 0.883 bits per heavy atom. The molecular weight excluding hydrogens is 855 g/mol. The molecule has 1 rings (SSSR count). The van der Waals surface area contributed by atoms with Crippen molar-refractivity contribution in [2.24, 2.45) is 17.2 Å². The van der Waals surface area contributed by atoms with Gasteiger partial charge in [-0.3, -0.25) is 39.2 Å². The van der Waals surface area contributed by atoms with Crippen molar-refractivity contribution in [1.82, 2.24) is 31.5 Å². The second kappa shape index (κ2) is 26.3. The fourth-order valence-electron chi connectivity index (χ4n) is 5.72. The number of benzene rings is 1. The highest BCUT2D eigenvalue weighted by Gasteiger charge is 2.34. The first kappa shape index (κ1) is 54.8. The van der Waals surface area contributed by atoms with E-state index in [4.69, 9.17) is 25.9 Å². The van der Waals surface area contributed by atoms with E-state index in [1.165, 1.54) is 30.0 Å². The van der Waals surface area contributed by atoms with Crippen molar-refractivity contribution in [3.63, 3.8) is 0 Å². The summed E-state index contributed by atoms with van der Waals surface area (Å²) in [7, 11) is -12.5. The molecule has 0 aliphatic heterocycles. The molecule has 0 aromatic heterocycles. The molecule has 0 radical (unpaired) electrons. The zero-order valence-electron chi connectivity index (χ0n) is 34.7. The molecule has 60 heavy (non-hydrogen) atoms. The summed E-state index contributed by atoms with van der Waals surface area (Å²) >= 11 is 0. The number of carbonyl (C=O) groups is 2. The smallest absolute Gasteiger partial charge is 0.361 e. The molecule has 0 bridgehead atoms. The first-order valence-corrected chi connectivity index (χ1v) is 22.9. The van der Waals surface area contributed by atoms with Gasteiger partial charge in [-0.15, -0.1) is 0 Å². The van der Waals surface area contributed by atoms with Crippen LogP contribution in [-0.2, 0) is 55.8 Å². The molecule has 0 saturated heterocycles. The lowest BCUT2D eigenvalue weighted by Crippen LogP contribution is -2.55. The lowest BCUT2D eigenvalue weighted by atomic mass is 9.99. The average Bonchev–Trinajstić information content (AvgIpc) is 3.11. The molecule has 0 fully saturated rings. The molecule has 0 heterocycles. The van der Waals surface area contributed by atoms with E-state index >= 15 is 0 Å². The molecule has 14 N–H and O–H groups in total. The maximum absolute atomic E-state index is 13.9. The molecule has 0 spiro atoms. The van der Waals surface area contributed by atoms with Gasteiger partial charge in [0, 0.05) is 19.2 Å². The second-order valence-electron chi connectivity index (χ2n) is 14.1. The SMILES string of the molecule is CNC(CCCNC(N)NCC=C(C)CCC=C(C)C)C(=O)N(C)C(CCCNC(N)N)C(=O)NC(C)C(OS(=O)(=O)O)c1ccc(OS(=O)(=O)O)c(COS(=O)(=O)O)c1. The van der Waals surface area contributed by atoms with Gasteiger partial charge >= 0.3 is 31.2 Å². The van der Waals surface area contributed by atoms with Crippen LogP contribution in [-0.4, -0.2) is 120 Å². The van der Waals surface area contributed by atoms with E-state index in [9.17, 15) is 43.9 Å². The molecule has 5 unspecified atom stereocenters. The van der Waals surface area contributed by atoms with Crippen LogP contribution in [0.5, 0.6) is 5.75 Å². The second-order valence-corrected chi connectivity index (χ2v) is 17.3. The Kier molecular flexibility index (Phi) is 24.1. The summed E-state index contributed by atoms with van der Waals surface area (Å²) in [6.45, 7) is 7.65. The van der Waals surface area contributed by atoms with Gasteiger partial charge in [0.1, 0.15) is 24.7 Å². The van der Waals surface area contributed by atoms with Crippen LogP contribution >= 0.6 is 0 Å². The minimum Gasteiger partial charge on any atom is -0.361 e. The summed E-state index contributed by atoms with van der Waals surface area (Å²) in [6, 6.07) is -0.464. The third-order valence-electron chi connectivity index (χ3n) is 8.73. The first-order valence-electron chi connectivity index (χ1n) is 18.8. The number of hydrogen-bond acceptors (Lipinski definition) is 18.